The van der Waals surface area contributed by atoms with E-state index in [1.165, 1.54) is 17.7 Å². The molecule has 2 aromatic rings. The van der Waals surface area contributed by atoms with Gasteiger partial charge in [-0.05, 0) is 48.6 Å². The second-order valence-electron chi connectivity index (χ2n) is 4.65. The van der Waals surface area contributed by atoms with Crippen LogP contribution in [-0.2, 0) is 6.42 Å². The van der Waals surface area contributed by atoms with Gasteiger partial charge in [-0.15, -0.1) is 0 Å². The Kier molecular flexibility index (Phi) is 4.94. The molecule has 19 heavy (non-hydrogen) atoms. The molecule has 100 valence electrons. The summed E-state index contributed by atoms with van der Waals surface area (Å²) in [6, 6.07) is 14.4. The van der Waals surface area contributed by atoms with Crippen LogP contribution < -0.4 is 5.73 Å². The first-order valence-electron chi connectivity index (χ1n) is 6.41. The van der Waals surface area contributed by atoms with E-state index in [0.29, 0.717) is 10.6 Å². The number of aryl methyl sites for hydroxylation is 1. The van der Waals surface area contributed by atoms with Crippen LogP contribution in [0, 0.1) is 5.82 Å². The molecule has 0 aliphatic carbocycles. The van der Waals surface area contributed by atoms with Gasteiger partial charge in [-0.2, -0.15) is 0 Å². The Labute approximate surface area is 118 Å². The summed E-state index contributed by atoms with van der Waals surface area (Å²) in [5.41, 5.74) is 8.06. The molecule has 0 aliphatic heterocycles. The van der Waals surface area contributed by atoms with Crippen LogP contribution in [0.2, 0.25) is 5.02 Å². The molecule has 2 aromatic carbocycles. The Morgan fingerprint density at radius 1 is 1.11 bits per heavy atom. The summed E-state index contributed by atoms with van der Waals surface area (Å²) in [4.78, 5) is 0. The topological polar surface area (TPSA) is 26.0 Å². The van der Waals surface area contributed by atoms with Crippen LogP contribution in [0.15, 0.2) is 48.5 Å². The molecule has 0 aromatic heterocycles. The second-order valence-corrected chi connectivity index (χ2v) is 5.06. The largest absolute Gasteiger partial charge is 0.324 e. The first kappa shape index (κ1) is 14.0. The molecular weight excluding hydrogens is 261 g/mol. The minimum absolute atomic E-state index is 0.216. The molecule has 0 spiro atoms. The van der Waals surface area contributed by atoms with E-state index in [1.54, 1.807) is 6.07 Å². The zero-order chi connectivity index (χ0) is 13.7. The van der Waals surface area contributed by atoms with E-state index in [9.17, 15) is 4.39 Å². The van der Waals surface area contributed by atoms with Gasteiger partial charge in [0.2, 0.25) is 0 Å². The minimum Gasteiger partial charge on any atom is -0.324 e. The molecule has 0 amide bonds. The number of hydrogen-bond acceptors (Lipinski definition) is 1. The molecule has 1 unspecified atom stereocenters. The lowest BCUT2D eigenvalue weighted by molar-refractivity contribution is 0.593. The molecule has 0 bridgehead atoms. The molecule has 0 aliphatic rings. The molecule has 2 N–H and O–H groups in total. The lowest BCUT2D eigenvalue weighted by Gasteiger charge is -2.13. The standard InChI is InChI=1S/C16H17ClFN/c17-15-10-9-13(18)11-14(15)16(19)8-4-7-12-5-2-1-3-6-12/h1-3,5-6,9-11,16H,4,7-8,19H2. The van der Waals surface area contributed by atoms with Crippen molar-refractivity contribution < 1.29 is 4.39 Å². The summed E-state index contributed by atoms with van der Waals surface area (Å²) >= 11 is 6.04. The van der Waals surface area contributed by atoms with Crippen LogP contribution in [0.1, 0.15) is 30.0 Å². The van der Waals surface area contributed by atoms with E-state index < -0.39 is 0 Å². The highest BCUT2D eigenvalue weighted by Gasteiger charge is 2.11. The predicted octanol–water partition coefficient (Wildman–Crippen LogP) is 4.50. The van der Waals surface area contributed by atoms with E-state index in [-0.39, 0.29) is 11.9 Å². The zero-order valence-electron chi connectivity index (χ0n) is 10.7. The number of benzene rings is 2. The molecule has 0 radical (unpaired) electrons. The minimum atomic E-state index is -0.294. The maximum atomic E-state index is 13.2. The van der Waals surface area contributed by atoms with Gasteiger partial charge in [0.25, 0.3) is 0 Å². The summed E-state index contributed by atoms with van der Waals surface area (Å²) in [7, 11) is 0. The van der Waals surface area contributed by atoms with E-state index in [2.05, 4.69) is 12.1 Å². The second kappa shape index (κ2) is 6.69. The average Bonchev–Trinajstić information content (AvgIpc) is 2.42. The van der Waals surface area contributed by atoms with Crippen LogP contribution >= 0.6 is 11.6 Å². The first-order chi connectivity index (χ1) is 9.16. The maximum absolute atomic E-state index is 13.2. The Hall–Kier alpha value is -1.38. The normalized spacial score (nSPS) is 12.4. The third-order valence-corrected chi connectivity index (χ3v) is 3.53. The number of halogens is 2. The van der Waals surface area contributed by atoms with Gasteiger partial charge in [-0.1, -0.05) is 41.9 Å². The van der Waals surface area contributed by atoms with E-state index >= 15 is 0 Å². The predicted molar refractivity (Wildman–Crippen MR) is 77.7 cm³/mol. The van der Waals surface area contributed by atoms with Gasteiger partial charge in [0.15, 0.2) is 0 Å². The Morgan fingerprint density at radius 2 is 1.84 bits per heavy atom. The summed E-state index contributed by atoms with van der Waals surface area (Å²) in [6.07, 6.45) is 2.72. The van der Waals surface area contributed by atoms with E-state index in [0.717, 1.165) is 19.3 Å². The molecule has 0 saturated carbocycles. The molecule has 2 rings (SSSR count). The zero-order valence-corrected chi connectivity index (χ0v) is 11.4. The van der Waals surface area contributed by atoms with Crippen molar-refractivity contribution in [2.45, 2.75) is 25.3 Å². The van der Waals surface area contributed by atoms with Crippen molar-refractivity contribution in [3.05, 3.63) is 70.5 Å². The number of hydrogen-bond donors (Lipinski definition) is 1. The van der Waals surface area contributed by atoms with Crippen molar-refractivity contribution in [3.63, 3.8) is 0 Å². The number of nitrogens with two attached hydrogens (primary N) is 1. The monoisotopic (exact) mass is 277 g/mol. The van der Waals surface area contributed by atoms with Gasteiger partial charge in [-0.3, -0.25) is 0 Å². The Morgan fingerprint density at radius 3 is 2.58 bits per heavy atom. The lowest BCUT2D eigenvalue weighted by atomic mass is 9.99. The summed E-state index contributed by atoms with van der Waals surface area (Å²) in [5.74, 6) is -0.294. The Balaban J connectivity index is 1.91. The van der Waals surface area contributed by atoms with Crippen molar-refractivity contribution in [1.82, 2.24) is 0 Å². The van der Waals surface area contributed by atoms with Crippen molar-refractivity contribution in [2.75, 3.05) is 0 Å². The third-order valence-electron chi connectivity index (χ3n) is 3.18. The fraction of sp³-hybridized carbons (Fsp3) is 0.250. The van der Waals surface area contributed by atoms with Crippen LogP contribution in [0.3, 0.4) is 0 Å². The molecule has 0 saturated heterocycles. The van der Waals surface area contributed by atoms with Crippen LogP contribution in [-0.4, -0.2) is 0 Å². The van der Waals surface area contributed by atoms with Crippen molar-refractivity contribution in [2.24, 2.45) is 5.73 Å². The lowest BCUT2D eigenvalue weighted by Crippen LogP contribution is -2.11. The third kappa shape index (κ3) is 4.05. The van der Waals surface area contributed by atoms with Crippen molar-refractivity contribution >= 4 is 11.6 Å². The molecule has 3 heteroatoms. The number of rotatable bonds is 5. The highest BCUT2D eigenvalue weighted by Crippen LogP contribution is 2.25. The van der Waals surface area contributed by atoms with Crippen molar-refractivity contribution in [1.29, 1.82) is 0 Å². The molecular formula is C16H17ClFN. The summed E-state index contributed by atoms with van der Waals surface area (Å²) < 4.78 is 13.2. The highest BCUT2D eigenvalue weighted by atomic mass is 35.5. The molecule has 0 fully saturated rings. The smallest absolute Gasteiger partial charge is 0.123 e. The molecule has 1 nitrogen and oxygen atoms in total. The van der Waals surface area contributed by atoms with Gasteiger partial charge >= 0.3 is 0 Å². The summed E-state index contributed by atoms with van der Waals surface area (Å²) in [6.45, 7) is 0. The molecule has 0 heterocycles. The Bertz CT molecular complexity index is 528. The van der Waals surface area contributed by atoms with Gasteiger partial charge < -0.3 is 5.73 Å². The van der Waals surface area contributed by atoms with Crippen LogP contribution in [0.4, 0.5) is 4.39 Å². The van der Waals surface area contributed by atoms with Gasteiger partial charge in [-0.25, -0.2) is 4.39 Å². The van der Waals surface area contributed by atoms with Gasteiger partial charge in [0.05, 0.1) is 0 Å². The SMILES string of the molecule is NC(CCCc1ccccc1)c1cc(F)ccc1Cl. The van der Waals surface area contributed by atoms with Gasteiger partial charge in [0.1, 0.15) is 5.82 Å². The maximum Gasteiger partial charge on any atom is 0.123 e. The molecule has 1 atom stereocenters. The summed E-state index contributed by atoms with van der Waals surface area (Å²) in [5, 5.41) is 0.536. The first-order valence-corrected chi connectivity index (χ1v) is 6.79. The van der Waals surface area contributed by atoms with Crippen molar-refractivity contribution in [3.8, 4) is 0 Å². The quantitative estimate of drug-likeness (QED) is 0.855. The van der Waals surface area contributed by atoms with Crippen LogP contribution in [0.25, 0.3) is 0 Å². The average molecular weight is 278 g/mol. The van der Waals surface area contributed by atoms with E-state index in [1.807, 2.05) is 18.2 Å². The van der Waals surface area contributed by atoms with Gasteiger partial charge in [0, 0.05) is 11.1 Å². The fourth-order valence-electron chi connectivity index (χ4n) is 2.13. The highest BCUT2D eigenvalue weighted by molar-refractivity contribution is 6.31. The van der Waals surface area contributed by atoms with Crippen LogP contribution in [0.5, 0.6) is 0 Å². The van der Waals surface area contributed by atoms with E-state index in [4.69, 9.17) is 17.3 Å². The fourth-order valence-corrected chi connectivity index (χ4v) is 2.38.